The standard InChI is InChI=1S/C10H14INO2/c1-3-5-6-9(4-2)14-8-7-10(13)12-11/h3-6H,2,7-8H2,1H3,(H,12,13)/b5-3-,9-6+. The molecular weight excluding hydrogens is 293 g/mol. The average molecular weight is 307 g/mol. The molecule has 0 saturated heterocycles. The third kappa shape index (κ3) is 6.71. The van der Waals surface area contributed by atoms with Crippen molar-refractivity contribution in [3.8, 4) is 0 Å². The molecule has 14 heavy (non-hydrogen) atoms. The van der Waals surface area contributed by atoms with Gasteiger partial charge in [-0.3, -0.25) is 8.32 Å². The first-order chi connectivity index (χ1) is 6.74. The zero-order chi connectivity index (χ0) is 10.8. The summed E-state index contributed by atoms with van der Waals surface area (Å²) in [7, 11) is 0. The maximum Gasteiger partial charge on any atom is 0.232 e. The van der Waals surface area contributed by atoms with Crippen LogP contribution in [0, 0.1) is 0 Å². The van der Waals surface area contributed by atoms with Gasteiger partial charge >= 0.3 is 0 Å². The van der Waals surface area contributed by atoms with E-state index in [1.54, 1.807) is 35.0 Å². The Kier molecular flexibility index (Phi) is 8.31. The molecule has 1 N–H and O–H groups in total. The van der Waals surface area contributed by atoms with Gasteiger partial charge in [0.2, 0.25) is 5.91 Å². The number of hydrogen-bond donors (Lipinski definition) is 1. The second-order valence-corrected chi connectivity index (χ2v) is 2.95. The monoisotopic (exact) mass is 307 g/mol. The highest BCUT2D eigenvalue weighted by molar-refractivity contribution is 14.1. The number of carbonyl (C=O) groups excluding carboxylic acids is 1. The molecule has 0 fully saturated rings. The molecule has 0 atom stereocenters. The van der Waals surface area contributed by atoms with Crippen LogP contribution in [0.25, 0.3) is 0 Å². The van der Waals surface area contributed by atoms with Crippen LogP contribution in [0.15, 0.2) is 36.6 Å². The van der Waals surface area contributed by atoms with E-state index < -0.39 is 0 Å². The highest BCUT2D eigenvalue weighted by atomic mass is 127. The lowest BCUT2D eigenvalue weighted by Crippen LogP contribution is -2.13. The number of allylic oxidation sites excluding steroid dienone is 4. The first-order valence-corrected chi connectivity index (χ1v) is 5.30. The quantitative estimate of drug-likeness (QED) is 0.354. The lowest BCUT2D eigenvalue weighted by molar-refractivity contribution is -0.119. The Labute approximate surface area is 98.4 Å². The van der Waals surface area contributed by atoms with E-state index in [1.165, 1.54) is 0 Å². The molecule has 0 rings (SSSR count). The molecule has 0 aromatic rings. The van der Waals surface area contributed by atoms with Crippen LogP contribution in [-0.2, 0) is 9.53 Å². The molecule has 0 aliphatic carbocycles. The lowest BCUT2D eigenvalue weighted by Gasteiger charge is -2.04. The fourth-order valence-corrected chi connectivity index (χ4v) is 0.945. The first-order valence-electron chi connectivity index (χ1n) is 4.22. The molecular formula is C10H14INO2. The Morgan fingerprint density at radius 2 is 2.36 bits per heavy atom. The van der Waals surface area contributed by atoms with Gasteiger partial charge in [0, 0.05) is 0 Å². The molecule has 78 valence electrons. The summed E-state index contributed by atoms with van der Waals surface area (Å²) in [5.74, 6) is 0.629. The number of ether oxygens (including phenoxy) is 1. The molecule has 4 heteroatoms. The molecule has 0 unspecified atom stereocenters. The van der Waals surface area contributed by atoms with Gasteiger partial charge in [-0.1, -0.05) is 18.7 Å². The van der Waals surface area contributed by atoms with Crippen LogP contribution in [-0.4, -0.2) is 12.5 Å². The normalized spacial score (nSPS) is 11.4. The van der Waals surface area contributed by atoms with Crippen LogP contribution in [0.5, 0.6) is 0 Å². The van der Waals surface area contributed by atoms with E-state index in [2.05, 4.69) is 10.1 Å². The van der Waals surface area contributed by atoms with E-state index >= 15 is 0 Å². The van der Waals surface area contributed by atoms with Gasteiger partial charge in [-0.15, -0.1) is 0 Å². The van der Waals surface area contributed by atoms with Crippen LogP contribution < -0.4 is 3.53 Å². The van der Waals surface area contributed by atoms with Crippen molar-refractivity contribution in [1.29, 1.82) is 0 Å². The Bertz CT molecular complexity index is 247. The van der Waals surface area contributed by atoms with Crippen molar-refractivity contribution >= 4 is 28.8 Å². The predicted octanol–water partition coefficient (Wildman–Crippen LogP) is 2.51. The summed E-state index contributed by atoms with van der Waals surface area (Å²) < 4.78 is 7.79. The summed E-state index contributed by atoms with van der Waals surface area (Å²) in [5, 5.41) is 0. The van der Waals surface area contributed by atoms with Crippen molar-refractivity contribution in [2.24, 2.45) is 0 Å². The highest BCUT2D eigenvalue weighted by Gasteiger charge is 1.98. The Balaban J connectivity index is 3.85. The molecule has 0 heterocycles. The molecule has 0 aliphatic heterocycles. The van der Waals surface area contributed by atoms with Gasteiger partial charge in [0.1, 0.15) is 5.76 Å². The third-order valence-electron chi connectivity index (χ3n) is 1.36. The summed E-state index contributed by atoms with van der Waals surface area (Å²) in [4.78, 5) is 10.8. The Morgan fingerprint density at radius 3 is 2.86 bits per heavy atom. The van der Waals surface area contributed by atoms with Gasteiger partial charge in [-0.2, -0.15) is 0 Å². The van der Waals surface area contributed by atoms with Gasteiger partial charge in [-0.25, -0.2) is 0 Å². The predicted molar refractivity (Wildman–Crippen MR) is 65.8 cm³/mol. The molecule has 1 amide bonds. The molecule has 0 aliphatic rings. The number of amides is 1. The van der Waals surface area contributed by atoms with Crippen LogP contribution in [0.3, 0.4) is 0 Å². The second-order valence-electron chi connectivity index (χ2n) is 2.42. The maximum absolute atomic E-state index is 10.8. The van der Waals surface area contributed by atoms with Gasteiger partial charge in [0.05, 0.1) is 35.9 Å². The van der Waals surface area contributed by atoms with Gasteiger partial charge in [0.25, 0.3) is 0 Å². The van der Waals surface area contributed by atoms with Crippen LogP contribution in [0.1, 0.15) is 13.3 Å². The fourth-order valence-electron chi connectivity index (χ4n) is 0.675. The van der Waals surface area contributed by atoms with E-state index in [4.69, 9.17) is 4.74 Å². The lowest BCUT2D eigenvalue weighted by atomic mass is 10.4. The Morgan fingerprint density at radius 1 is 1.64 bits per heavy atom. The van der Waals surface area contributed by atoms with E-state index in [1.807, 2.05) is 19.1 Å². The zero-order valence-corrected chi connectivity index (χ0v) is 10.3. The van der Waals surface area contributed by atoms with Gasteiger partial charge < -0.3 is 4.74 Å². The number of halogens is 1. The van der Waals surface area contributed by atoms with Crippen LogP contribution >= 0.6 is 22.9 Å². The van der Waals surface area contributed by atoms with Crippen LogP contribution in [0.2, 0.25) is 0 Å². The largest absolute Gasteiger partial charge is 0.493 e. The molecule has 3 nitrogen and oxygen atoms in total. The van der Waals surface area contributed by atoms with E-state index in [9.17, 15) is 4.79 Å². The number of nitrogens with one attached hydrogen (secondary N) is 1. The van der Waals surface area contributed by atoms with Gasteiger partial charge in [-0.05, 0) is 19.1 Å². The summed E-state index contributed by atoms with van der Waals surface area (Å²) in [5.41, 5.74) is 0. The molecule has 0 aromatic carbocycles. The fraction of sp³-hybridized carbons (Fsp3) is 0.300. The van der Waals surface area contributed by atoms with Crippen molar-refractivity contribution in [3.63, 3.8) is 0 Å². The zero-order valence-electron chi connectivity index (χ0n) is 8.13. The second kappa shape index (κ2) is 8.80. The van der Waals surface area contributed by atoms with Crippen molar-refractivity contribution < 1.29 is 9.53 Å². The summed E-state index contributed by atoms with van der Waals surface area (Å²) in [6.45, 7) is 5.89. The van der Waals surface area contributed by atoms with Crippen molar-refractivity contribution in [1.82, 2.24) is 3.53 Å². The van der Waals surface area contributed by atoms with Crippen LogP contribution in [0.4, 0.5) is 0 Å². The molecule has 0 radical (unpaired) electrons. The molecule has 0 aromatic heterocycles. The highest BCUT2D eigenvalue weighted by Crippen LogP contribution is 2.00. The van der Waals surface area contributed by atoms with Gasteiger partial charge in [0.15, 0.2) is 0 Å². The minimum atomic E-state index is -0.0416. The summed E-state index contributed by atoms with van der Waals surface area (Å²) in [6, 6.07) is 0. The van der Waals surface area contributed by atoms with Crippen molar-refractivity contribution in [2.45, 2.75) is 13.3 Å². The summed E-state index contributed by atoms with van der Waals surface area (Å²) in [6.07, 6.45) is 7.51. The molecule has 0 saturated carbocycles. The van der Waals surface area contributed by atoms with E-state index in [-0.39, 0.29) is 5.91 Å². The Hall–Kier alpha value is -0.780. The van der Waals surface area contributed by atoms with Crippen molar-refractivity contribution in [2.75, 3.05) is 6.61 Å². The smallest absolute Gasteiger partial charge is 0.232 e. The topological polar surface area (TPSA) is 38.3 Å². The number of rotatable bonds is 6. The minimum absolute atomic E-state index is 0.0416. The average Bonchev–Trinajstić information content (AvgIpc) is 2.22. The summed E-state index contributed by atoms with van der Waals surface area (Å²) >= 11 is 1.80. The van der Waals surface area contributed by atoms with E-state index in [0.717, 1.165) is 0 Å². The molecule has 0 bridgehead atoms. The van der Waals surface area contributed by atoms with E-state index in [0.29, 0.717) is 18.8 Å². The molecule has 0 spiro atoms. The minimum Gasteiger partial charge on any atom is -0.493 e. The first kappa shape index (κ1) is 13.2. The number of carbonyl (C=O) groups is 1. The number of hydrogen-bond acceptors (Lipinski definition) is 2. The maximum atomic E-state index is 10.8. The third-order valence-corrected chi connectivity index (χ3v) is 1.96. The van der Waals surface area contributed by atoms with Crippen molar-refractivity contribution in [3.05, 3.63) is 36.6 Å². The SMILES string of the molecule is C=C/C(=C\C=C/C)OCCC(=O)NI.